The lowest BCUT2D eigenvalue weighted by Crippen LogP contribution is -2.55. The van der Waals surface area contributed by atoms with Gasteiger partial charge in [0, 0.05) is 37.6 Å². The van der Waals surface area contributed by atoms with Crippen molar-refractivity contribution in [3.63, 3.8) is 0 Å². The fourth-order valence-electron chi connectivity index (χ4n) is 8.23. The Balaban J connectivity index is 1.17. The van der Waals surface area contributed by atoms with Gasteiger partial charge in [-0.2, -0.15) is 0 Å². The van der Waals surface area contributed by atoms with Gasteiger partial charge < -0.3 is 24.8 Å². The second-order valence-corrected chi connectivity index (χ2v) is 13.1. The summed E-state index contributed by atoms with van der Waals surface area (Å²) >= 11 is 0. The molecule has 2 saturated carbocycles. The molecule has 0 bridgehead atoms. The highest BCUT2D eigenvalue weighted by molar-refractivity contribution is 5.66. The molecule has 1 aromatic rings. The van der Waals surface area contributed by atoms with Crippen LogP contribution in [-0.4, -0.2) is 52.8 Å². The number of phenolic OH excluding ortho intramolecular Hbond substituents is 1. The molecule has 6 nitrogen and oxygen atoms in total. The van der Waals surface area contributed by atoms with Gasteiger partial charge in [-0.15, -0.1) is 6.42 Å². The number of unbranched alkanes of at least 4 members (excludes halogenated alkanes) is 8. The molecule has 0 heterocycles. The van der Waals surface area contributed by atoms with Gasteiger partial charge in [0.05, 0.1) is 6.10 Å². The highest BCUT2D eigenvalue weighted by Gasteiger charge is 2.63. The first-order chi connectivity index (χ1) is 19.8. The number of rotatable bonds is 17. The molecule has 3 aliphatic carbocycles. The topological polar surface area (TPSA) is 96.2 Å². The van der Waals surface area contributed by atoms with Crippen molar-refractivity contribution >= 4 is 5.97 Å². The Bertz CT molecular complexity index is 1030. The molecule has 0 saturated heterocycles. The average Bonchev–Trinajstić information content (AvgIpc) is 3.22. The summed E-state index contributed by atoms with van der Waals surface area (Å²) in [6.45, 7) is 4.23. The van der Waals surface area contributed by atoms with E-state index in [1.807, 2.05) is 12.1 Å². The fraction of sp³-hybridized carbons (Fsp3) is 0.743. The van der Waals surface area contributed by atoms with Crippen LogP contribution in [0.5, 0.6) is 5.75 Å². The molecule has 0 radical (unpaired) electrons. The van der Waals surface area contributed by atoms with Crippen molar-refractivity contribution in [2.45, 2.75) is 127 Å². The van der Waals surface area contributed by atoms with E-state index in [4.69, 9.17) is 21.0 Å². The van der Waals surface area contributed by atoms with Crippen LogP contribution in [0.15, 0.2) is 18.2 Å². The maximum absolute atomic E-state index is 11.5. The Kier molecular flexibility index (Phi) is 11.6. The number of carbonyl (C=O) groups is 1. The Morgan fingerprint density at radius 3 is 2.34 bits per heavy atom. The quantitative estimate of drug-likeness (QED) is 0.138. The average molecular weight is 569 g/mol. The molecule has 0 aliphatic heterocycles. The molecule has 0 aromatic heterocycles. The number of hydrogen-bond donors (Lipinski definition) is 3. The Morgan fingerprint density at radius 1 is 1.00 bits per heavy atom. The minimum absolute atomic E-state index is 0.0315. The van der Waals surface area contributed by atoms with Crippen molar-refractivity contribution in [2.24, 2.45) is 17.3 Å². The normalized spacial score (nSPS) is 30.3. The molecule has 6 atom stereocenters. The number of aliphatic hydroxyl groups is 1. The van der Waals surface area contributed by atoms with Gasteiger partial charge in [0.25, 0.3) is 0 Å². The molecule has 228 valence electrons. The zero-order chi connectivity index (χ0) is 29.3. The predicted molar refractivity (Wildman–Crippen MR) is 161 cm³/mol. The number of terminal acetylenes is 1. The van der Waals surface area contributed by atoms with Gasteiger partial charge in [0.2, 0.25) is 0 Å². The first-order valence-electron chi connectivity index (χ1n) is 16.2. The smallest absolute Gasteiger partial charge is 0.303 e. The molecule has 6 heteroatoms. The molecule has 1 aromatic carbocycles. The van der Waals surface area contributed by atoms with Gasteiger partial charge in [-0.05, 0) is 86.5 Å². The number of carboxylic acid groups (broad SMARTS) is 1. The lowest BCUT2D eigenvalue weighted by Gasteiger charge is -2.55. The van der Waals surface area contributed by atoms with E-state index in [-0.39, 0.29) is 17.9 Å². The van der Waals surface area contributed by atoms with Crippen LogP contribution >= 0.6 is 0 Å². The van der Waals surface area contributed by atoms with E-state index >= 15 is 0 Å². The minimum atomic E-state index is -1.06. The molecule has 3 N–H and O–H groups in total. The third-order valence-corrected chi connectivity index (χ3v) is 10.5. The third-order valence-electron chi connectivity index (χ3n) is 10.5. The van der Waals surface area contributed by atoms with Gasteiger partial charge in [-0.1, -0.05) is 63.9 Å². The van der Waals surface area contributed by atoms with Gasteiger partial charge >= 0.3 is 5.97 Å². The first-order valence-corrected chi connectivity index (χ1v) is 16.2. The largest absolute Gasteiger partial charge is 0.508 e. The lowest BCUT2D eigenvalue weighted by molar-refractivity contribution is -0.137. The predicted octanol–water partition coefficient (Wildman–Crippen LogP) is 7.00. The van der Waals surface area contributed by atoms with Crippen LogP contribution in [0.2, 0.25) is 0 Å². The molecule has 4 rings (SSSR count). The molecule has 0 amide bonds. The highest BCUT2D eigenvalue weighted by Crippen LogP contribution is 2.64. The summed E-state index contributed by atoms with van der Waals surface area (Å²) < 4.78 is 12.2. The van der Waals surface area contributed by atoms with Crippen LogP contribution in [0.3, 0.4) is 0 Å². The SMILES string of the molecule is C#C[C@]1(O)CC[C@H]2[C@@H]3CCc4cc(O)ccc4[C@H]3[C@@H](OCCCCCCCCCCCOCCCC(=O)O)C[C@@]21C. The lowest BCUT2D eigenvalue weighted by atomic mass is 9.52. The van der Waals surface area contributed by atoms with E-state index in [2.05, 4.69) is 18.9 Å². The van der Waals surface area contributed by atoms with E-state index in [1.165, 1.54) is 56.1 Å². The molecular weight excluding hydrogens is 516 g/mol. The fourth-order valence-corrected chi connectivity index (χ4v) is 8.23. The number of ether oxygens (including phenoxy) is 2. The van der Waals surface area contributed by atoms with Crippen LogP contribution in [-0.2, 0) is 20.7 Å². The van der Waals surface area contributed by atoms with Crippen molar-refractivity contribution in [1.29, 1.82) is 0 Å². The standard InChI is InChI=1S/C35H52O6/c1-3-35(39)20-19-30-29-17-15-26-24-27(36)16-18-28(26)33(29)31(25-34(30,35)2)41-23-12-10-8-6-4-5-7-9-11-21-40-22-13-14-32(37)38/h1,16,18,24,29-31,33,36,39H,4-15,17,19-23,25H2,2H3,(H,37,38)/t29-,30-,31-,33+,34-,35-/m0/s1. The number of hydrogen-bond acceptors (Lipinski definition) is 5. The summed E-state index contributed by atoms with van der Waals surface area (Å²) in [5.41, 5.74) is 1.19. The number of aryl methyl sites for hydroxylation is 1. The number of carboxylic acids is 1. The Hall–Kier alpha value is -2.07. The Labute approximate surface area is 247 Å². The number of benzene rings is 1. The molecule has 0 spiro atoms. The van der Waals surface area contributed by atoms with Crippen LogP contribution < -0.4 is 0 Å². The molecule has 2 fully saturated rings. The molecular formula is C35H52O6. The van der Waals surface area contributed by atoms with Gasteiger partial charge in [0.15, 0.2) is 0 Å². The van der Waals surface area contributed by atoms with E-state index in [9.17, 15) is 15.0 Å². The second-order valence-electron chi connectivity index (χ2n) is 13.1. The molecule has 3 aliphatic rings. The zero-order valence-corrected chi connectivity index (χ0v) is 25.1. The van der Waals surface area contributed by atoms with Gasteiger partial charge in [-0.25, -0.2) is 0 Å². The minimum Gasteiger partial charge on any atom is -0.508 e. The van der Waals surface area contributed by atoms with E-state index in [0.29, 0.717) is 43.0 Å². The van der Waals surface area contributed by atoms with E-state index in [1.54, 1.807) is 0 Å². The maximum Gasteiger partial charge on any atom is 0.303 e. The number of fused-ring (bicyclic) bond motifs is 5. The van der Waals surface area contributed by atoms with Crippen LogP contribution in [0.4, 0.5) is 0 Å². The number of aliphatic carboxylic acids is 1. The van der Waals surface area contributed by atoms with Crippen molar-refractivity contribution in [2.75, 3.05) is 19.8 Å². The van der Waals surface area contributed by atoms with Crippen LogP contribution in [0.25, 0.3) is 0 Å². The number of aromatic hydroxyl groups is 1. The van der Waals surface area contributed by atoms with Crippen molar-refractivity contribution in [3.05, 3.63) is 29.3 Å². The van der Waals surface area contributed by atoms with Crippen molar-refractivity contribution in [3.8, 4) is 18.1 Å². The monoisotopic (exact) mass is 568 g/mol. The summed E-state index contributed by atoms with van der Waals surface area (Å²) in [6, 6.07) is 5.86. The number of phenols is 1. The first kappa shape index (κ1) is 31.9. The summed E-state index contributed by atoms with van der Waals surface area (Å²) in [4.78, 5) is 10.5. The summed E-state index contributed by atoms with van der Waals surface area (Å²) in [7, 11) is 0. The highest BCUT2D eigenvalue weighted by atomic mass is 16.5. The van der Waals surface area contributed by atoms with Crippen molar-refractivity contribution in [1.82, 2.24) is 0 Å². The Morgan fingerprint density at radius 2 is 1.66 bits per heavy atom. The summed E-state index contributed by atoms with van der Waals surface area (Å²) in [5.74, 6) is 3.51. The van der Waals surface area contributed by atoms with Crippen LogP contribution in [0, 0.1) is 29.6 Å². The zero-order valence-electron chi connectivity index (χ0n) is 25.1. The summed E-state index contributed by atoms with van der Waals surface area (Å²) in [6.07, 6.45) is 21.9. The van der Waals surface area contributed by atoms with Crippen molar-refractivity contribution < 1.29 is 29.6 Å². The van der Waals surface area contributed by atoms with E-state index < -0.39 is 11.6 Å². The summed E-state index contributed by atoms with van der Waals surface area (Å²) in [5, 5.41) is 30.2. The van der Waals surface area contributed by atoms with Crippen LogP contribution in [0.1, 0.15) is 120 Å². The maximum atomic E-state index is 11.5. The molecule has 0 unspecified atom stereocenters. The second kappa shape index (κ2) is 14.9. The van der Waals surface area contributed by atoms with E-state index in [0.717, 1.165) is 51.7 Å². The molecule has 41 heavy (non-hydrogen) atoms. The van der Waals surface area contributed by atoms with Gasteiger partial charge in [0.1, 0.15) is 11.4 Å². The third kappa shape index (κ3) is 7.66. The van der Waals surface area contributed by atoms with Gasteiger partial charge in [-0.3, -0.25) is 4.79 Å².